The predicted molar refractivity (Wildman–Crippen MR) is 121 cm³/mol. The molecular formula is C22H24Cl2N4O. The summed E-state index contributed by atoms with van der Waals surface area (Å²) in [6, 6.07) is 15.3. The van der Waals surface area contributed by atoms with Gasteiger partial charge in [-0.25, -0.2) is 0 Å². The standard InChI is InChI=1S/C22H23ClN4O.ClH/c1-16-6-5-9-21(17(16)2)27-12-10-26(11-13-27)15-18(14-24)22(28)25-20-8-4-3-7-19(20)23;/h3-9,15H,10-13H2,1-2H3,(H,25,28);1H/b18-15-;. The third kappa shape index (κ3) is 5.44. The maximum atomic E-state index is 12.4. The molecule has 0 bridgehead atoms. The predicted octanol–water partition coefficient (Wildman–Crippen LogP) is 4.55. The molecule has 7 heteroatoms. The normalized spacial score (nSPS) is 14.1. The van der Waals surface area contributed by atoms with Crippen LogP contribution in [0.15, 0.2) is 54.2 Å². The maximum Gasteiger partial charge on any atom is 0.267 e. The van der Waals surface area contributed by atoms with E-state index in [0.29, 0.717) is 10.7 Å². The van der Waals surface area contributed by atoms with Crippen LogP contribution in [0.4, 0.5) is 11.4 Å². The van der Waals surface area contributed by atoms with Gasteiger partial charge in [-0.15, -0.1) is 12.4 Å². The van der Waals surface area contributed by atoms with Crippen LogP contribution in [-0.2, 0) is 4.79 Å². The van der Waals surface area contributed by atoms with Gasteiger partial charge in [-0.2, -0.15) is 5.26 Å². The minimum absolute atomic E-state index is 0. The molecule has 2 aromatic carbocycles. The molecular weight excluding hydrogens is 407 g/mol. The number of aryl methyl sites for hydroxylation is 1. The van der Waals surface area contributed by atoms with Crippen molar-refractivity contribution < 1.29 is 4.79 Å². The number of rotatable bonds is 4. The highest BCUT2D eigenvalue weighted by Crippen LogP contribution is 2.24. The second-order valence-electron chi connectivity index (χ2n) is 6.83. The Kier molecular flexibility index (Phi) is 7.95. The van der Waals surface area contributed by atoms with Gasteiger partial charge in [-0.3, -0.25) is 4.79 Å². The molecule has 0 spiro atoms. The zero-order valence-corrected chi connectivity index (χ0v) is 18.1. The number of nitrogens with zero attached hydrogens (tertiary/aromatic N) is 3. The number of hydrogen-bond acceptors (Lipinski definition) is 4. The van der Waals surface area contributed by atoms with Crippen LogP contribution in [0.3, 0.4) is 0 Å². The number of para-hydroxylation sites is 1. The van der Waals surface area contributed by atoms with E-state index in [0.717, 1.165) is 26.2 Å². The van der Waals surface area contributed by atoms with Gasteiger partial charge in [-0.05, 0) is 43.2 Å². The van der Waals surface area contributed by atoms with Crippen molar-refractivity contribution in [1.82, 2.24) is 4.90 Å². The minimum atomic E-state index is -0.451. The molecule has 1 aliphatic rings. The quantitative estimate of drug-likeness (QED) is 0.570. The lowest BCUT2D eigenvalue weighted by Crippen LogP contribution is -2.44. The van der Waals surface area contributed by atoms with Crippen LogP contribution in [0.1, 0.15) is 11.1 Å². The molecule has 0 aromatic heterocycles. The first-order chi connectivity index (χ1) is 13.5. The average molecular weight is 431 g/mol. The van der Waals surface area contributed by atoms with Gasteiger partial charge in [0.15, 0.2) is 0 Å². The minimum Gasteiger partial charge on any atom is -0.373 e. The Bertz CT molecular complexity index is 944. The Morgan fingerprint density at radius 1 is 1.10 bits per heavy atom. The van der Waals surface area contributed by atoms with Crippen molar-refractivity contribution in [2.45, 2.75) is 13.8 Å². The molecule has 0 saturated carbocycles. The van der Waals surface area contributed by atoms with Crippen molar-refractivity contribution in [3.05, 3.63) is 70.4 Å². The Hall–Kier alpha value is -2.68. The average Bonchev–Trinajstić information content (AvgIpc) is 2.70. The van der Waals surface area contributed by atoms with Crippen molar-refractivity contribution in [1.29, 1.82) is 5.26 Å². The van der Waals surface area contributed by atoms with Crippen LogP contribution in [0.5, 0.6) is 0 Å². The van der Waals surface area contributed by atoms with Crippen LogP contribution < -0.4 is 10.2 Å². The molecule has 1 amide bonds. The third-order valence-electron chi connectivity index (χ3n) is 5.03. The van der Waals surface area contributed by atoms with Gasteiger partial charge >= 0.3 is 0 Å². The van der Waals surface area contributed by atoms with Crippen LogP contribution in [0.25, 0.3) is 0 Å². The van der Waals surface area contributed by atoms with Gasteiger partial charge in [0.25, 0.3) is 5.91 Å². The fraction of sp³-hybridized carbons (Fsp3) is 0.273. The van der Waals surface area contributed by atoms with Gasteiger partial charge in [-0.1, -0.05) is 35.9 Å². The summed E-state index contributed by atoms with van der Waals surface area (Å²) in [6.45, 7) is 7.44. The third-order valence-corrected chi connectivity index (χ3v) is 5.36. The van der Waals surface area contributed by atoms with E-state index in [2.05, 4.69) is 42.3 Å². The van der Waals surface area contributed by atoms with Gasteiger partial charge in [0.1, 0.15) is 11.6 Å². The zero-order chi connectivity index (χ0) is 20.1. The smallest absolute Gasteiger partial charge is 0.267 e. The van der Waals surface area contributed by atoms with Gasteiger partial charge in [0.2, 0.25) is 0 Å². The number of nitriles is 1. The molecule has 0 radical (unpaired) electrons. The van der Waals surface area contributed by atoms with E-state index in [9.17, 15) is 10.1 Å². The van der Waals surface area contributed by atoms with E-state index in [1.54, 1.807) is 30.5 Å². The van der Waals surface area contributed by atoms with Gasteiger partial charge < -0.3 is 15.1 Å². The summed E-state index contributed by atoms with van der Waals surface area (Å²) in [4.78, 5) is 16.8. The number of carbonyl (C=O) groups excluding carboxylic acids is 1. The monoisotopic (exact) mass is 430 g/mol. The van der Waals surface area contributed by atoms with Crippen LogP contribution in [-0.4, -0.2) is 37.0 Å². The molecule has 29 heavy (non-hydrogen) atoms. The van der Waals surface area contributed by atoms with Crippen molar-refractivity contribution in [2.75, 3.05) is 36.4 Å². The molecule has 5 nitrogen and oxygen atoms in total. The van der Waals surface area contributed by atoms with E-state index < -0.39 is 5.91 Å². The Morgan fingerprint density at radius 3 is 2.45 bits per heavy atom. The summed E-state index contributed by atoms with van der Waals surface area (Å²) in [6.07, 6.45) is 1.65. The van der Waals surface area contributed by atoms with Gasteiger partial charge in [0, 0.05) is 38.1 Å². The fourth-order valence-corrected chi connectivity index (χ4v) is 3.43. The van der Waals surface area contributed by atoms with E-state index in [4.69, 9.17) is 11.6 Å². The largest absolute Gasteiger partial charge is 0.373 e. The SMILES string of the molecule is Cc1cccc(N2CCN(/C=C(/C#N)C(=O)Nc3ccccc3Cl)CC2)c1C.Cl. The summed E-state index contributed by atoms with van der Waals surface area (Å²) in [5, 5.41) is 12.6. The summed E-state index contributed by atoms with van der Waals surface area (Å²) >= 11 is 6.07. The lowest BCUT2D eigenvalue weighted by molar-refractivity contribution is -0.112. The van der Waals surface area contributed by atoms with Crippen molar-refractivity contribution in [3.63, 3.8) is 0 Å². The fourth-order valence-electron chi connectivity index (χ4n) is 3.24. The molecule has 1 saturated heterocycles. The van der Waals surface area contributed by atoms with E-state index in [1.807, 2.05) is 11.0 Å². The Morgan fingerprint density at radius 2 is 1.79 bits per heavy atom. The first kappa shape index (κ1) is 22.6. The highest BCUT2D eigenvalue weighted by atomic mass is 35.5. The molecule has 0 aliphatic carbocycles. The number of hydrogen-bond donors (Lipinski definition) is 1. The topological polar surface area (TPSA) is 59.4 Å². The number of halogens is 2. The van der Waals surface area contributed by atoms with E-state index in [1.165, 1.54) is 16.8 Å². The highest BCUT2D eigenvalue weighted by Gasteiger charge is 2.19. The molecule has 2 aromatic rings. The second-order valence-corrected chi connectivity index (χ2v) is 7.24. The van der Waals surface area contributed by atoms with Crippen molar-refractivity contribution >= 4 is 41.3 Å². The van der Waals surface area contributed by atoms with E-state index in [-0.39, 0.29) is 18.0 Å². The van der Waals surface area contributed by atoms with Crippen LogP contribution in [0.2, 0.25) is 5.02 Å². The Balaban J connectivity index is 0.00000300. The number of benzene rings is 2. The summed E-state index contributed by atoms with van der Waals surface area (Å²) < 4.78 is 0. The summed E-state index contributed by atoms with van der Waals surface area (Å²) in [5.74, 6) is -0.451. The molecule has 152 valence electrons. The summed E-state index contributed by atoms with van der Waals surface area (Å²) in [7, 11) is 0. The summed E-state index contributed by atoms with van der Waals surface area (Å²) in [5.41, 5.74) is 4.39. The number of anilines is 2. The lowest BCUT2D eigenvalue weighted by atomic mass is 10.1. The number of carbonyl (C=O) groups is 1. The first-order valence-corrected chi connectivity index (χ1v) is 9.60. The number of amides is 1. The first-order valence-electron chi connectivity index (χ1n) is 9.22. The second kappa shape index (κ2) is 10.2. The molecule has 1 fully saturated rings. The molecule has 1 aliphatic heterocycles. The van der Waals surface area contributed by atoms with Crippen molar-refractivity contribution in [3.8, 4) is 6.07 Å². The molecule has 1 N–H and O–H groups in total. The molecule has 1 heterocycles. The maximum absolute atomic E-state index is 12.4. The van der Waals surface area contributed by atoms with E-state index >= 15 is 0 Å². The van der Waals surface area contributed by atoms with Crippen LogP contribution in [0, 0.1) is 25.2 Å². The Labute approximate surface area is 183 Å². The van der Waals surface area contributed by atoms with Gasteiger partial charge in [0.05, 0.1) is 10.7 Å². The van der Waals surface area contributed by atoms with Crippen LogP contribution >= 0.6 is 24.0 Å². The highest BCUT2D eigenvalue weighted by molar-refractivity contribution is 6.33. The number of nitrogens with one attached hydrogen (secondary N) is 1. The molecule has 3 rings (SSSR count). The lowest BCUT2D eigenvalue weighted by Gasteiger charge is -2.36. The molecule has 0 unspecified atom stereocenters. The van der Waals surface area contributed by atoms with Crippen molar-refractivity contribution in [2.24, 2.45) is 0 Å². The number of piperazine rings is 1. The molecule has 0 atom stereocenters. The zero-order valence-electron chi connectivity index (χ0n) is 16.5.